The first-order chi connectivity index (χ1) is 9.63. The van der Waals surface area contributed by atoms with Gasteiger partial charge in [0.05, 0.1) is 6.04 Å². The quantitative estimate of drug-likeness (QED) is 0.696. The Bertz CT molecular complexity index is 582. The Hall–Kier alpha value is -0.910. The highest BCUT2D eigenvalue weighted by Gasteiger charge is 2.15. The Morgan fingerprint density at radius 3 is 2.80 bits per heavy atom. The average molecular weight is 369 g/mol. The summed E-state index contributed by atoms with van der Waals surface area (Å²) < 4.78 is 0.927. The highest BCUT2D eigenvalue weighted by Crippen LogP contribution is 2.31. The predicted molar refractivity (Wildman–Crippen MR) is 95.6 cm³/mol. The molecule has 0 aliphatic carbocycles. The van der Waals surface area contributed by atoms with Gasteiger partial charge >= 0.3 is 0 Å². The summed E-state index contributed by atoms with van der Waals surface area (Å²) in [6.07, 6.45) is 2.19. The standard InChI is InChI=1S/C15H17BrN2S2/c1-2-5-11(13-8-4-9-20-13)18-12-7-3-6-10(16)14(12)15(17)19/h3-4,6-9,11,18H,2,5H2,1H3,(H2,17,19). The van der Waals surface area contributed by atoms with E-state index in [1.165, 1.54) is 4.88 Å². The van der Waals surface area contributed by atoms with Gasteiger partial charge in [0.2, 0.25) is 0 Å². The number of hydrogen-bond donors (Lipinski definition) is 2. The third-order valence-electron chi connectivity index (χ3n) is 3.05. The van der Waals surface area contributed by atoms with Gasteiger partial charge in [-0.2, -0.15) is 0 Å². The molecule has 3 N–H and O–H groups in total. The van der Waals surface area contributed by atoms with Gasteiger partial charge in [-0.3, -0.25) is 0 Å². The first-order valence-corrected chi connectivity index (χ1v) is 8.59. The summed E-state index contributed by atoms with van der Waals surface area (Å²) in [6, 6.07) is 10.5. The highest BCUT2D eigenvalue weighted by atomic mass is 79.9. The Kier molecular flexibility index (Phi) is 5.57. The lowest BCUT2D eigenvalue weighted by Crippen LogP contribution is -2.16. The van der Waals surface area contributed by atoms with Crippen LogP contribution in [0.5, 0.6) is 0 Å². The van der Waals surface area contributed by atoms with Gasteiger partial charge in [0.15, 0.2) is 0 Å². The maximum Gasteiger partial charge on any atom is 0.107 e. The zero-order valence-corrected chi connectivity index (χ0v) is 14.4. The van der Waals surface area contributed by atoms with Crippen molar-refractivity contribution in [3.05, 3.63) is 50.6 Å². The number of anilines is 1. The number of thiophene rings is 1. The number of thiocarbonyl (C=S) groups is 1. The Morgan fingerprint density at radius 2 is 2.20 bits per heavy atom. The van der Waals surface area contributed by atoms with Crippen molar-refractivity contribution < 1.29 is 0 Å². The Balaban J connectivity index is 2.32. The zero-order valence-electron chi connectivity index (χ0n) is 11.2. The van der Waals surface area contributed by atoms with E-state index in [4.69, 9.17) is 18.0 Å². The molecule has 0 saturated carbocycles. The number of hydrogen-bond acceptors (Lipinski definition) is 3. The molecule has 2 rings (SSSR count). The van der Waals surface area contributed by atoms with Crippen LogP contribution in [-0.4, -0.2) is 4.99 Å². The zero-order chi connectivity index (χ0) is 14.5. The third-order valence-corrected chi connectivity index (χ3v) is 4.90. The molecule has 0 fully saturated rings. The van der Waals surface area contributed by atoms with Crippen LogP contribution in [0.3, 0.4) is 0 Å². The summed E-state index contributed by atoms with van der Waals surface area (Å²) in [7, 11) is 0. The average Bonchev–Trinajstić information content (AvgIpc) is 2.91. The number of benzene rings is 1. The minimum Gasteiger partial charge on any atom is -0.389 e. The second-order valence-electron chi connectivity index (χ2n) is 4.53. The van der Waals surface area contributed by atoms with E-state index in [1.807, 2.05) is 18.2 Å². The lowest BCUT2D eigenvalue weighted by molar-refractivity contribution is 0.687. The monoisotopic (exact) mass is 368 g/mol. The molecule has 0 aliphatic heterocycles. The van der Waals surface area contributed by atoms with Crippen LogP contribution < -0.4 is 11.1 Å². The summed E-state index contributed by atoms with van der Waals surface area (Å²) in [5.74, 6) is 0. The summed E-state index contributed by atoms with van der Waals surface area (Å²) in [6.45, 7) is 2.19. The van der Waals surface area contributed by atoms with E-state index in [2.05, 4.69) is 45.7 Å². The van der Waals surface area contributed by atoms with Gasteiger partial charge in [0.1, 0.15) is 4.99 Å². The lowest BCUT2D eigenvalue weighted by atomic mass is 10.1. The summed E-state index contributed by atoms with van der Waals surface area (Å²) >= 11 is 10.5. The lowest BCUT2D eigenvalue weighted by Gasteiger charge is -2.21. The molecule has 0 bridgehead atoms. The van der Waals surface area contributed by atoms with Gasteiger partial charge in [0.25, 0.3) is 0 Å². The Labute approximate surface area is 137 Å². The van der Waals surface area contributed by atoms with Crippen LogP contribution in [0, 0.1) is 0 Å². The molecule has 5 heteroatoms. The fourth-order valence-corrected chi connectivity index (χ4v) is 3.89. The van der Waals surface area contributed by atoms with Crippen molar-refractivity contribution >= 4 is 50.2 Å². The molecule has 1 heterocycles. The van der Waals surface area contributed by atoms with E-state index in [0.717, 1.165) is 28.6 Å². The fraction of sp³-hybridized carbons (Fsp3) is 0.267. The molecule has 2 nitrogen and oxygen atoms in total. The Morgan fingerprint density at radius 1 is 1.40 bits per heavy atom. The molecule has 1 atom stereocenters. The molecule has 20 heavy (non-hydrogen) atoms. The van der Waals surface area contributed by atoms with Gasteiger partial charge in [-0.1, -0.05) is 37.7 Å². The van der Waals surface area contributed by atoms with Crippen LogP contribution in [-0.2, 0) is 0 Å². The molecular weight excluding hydrogens is 352 g/mol. The molecule has 1 aromatic heterocycles. The first-order valence-electron chi connectivity index (χ1n) is 6.51. The first kappa shape index (κ1) is 15.5. The van der Waals surface area contributed by atoms with Crippen LogP contribution >= 0.6 is 39.5 Å². The van der Waals surface area contributed by atoms with Crippen LogP contribution in [0.2, 0.25) is 0 Å². The van der Waals surface area contributed by atoms with Crippen LogP contribution in [0.1, 0.15) is 36.2 Å². The topological polar surface area (TPSA) is 38.0 Å². The maximum atomic E-state index is 5.85. The summed E-state index contributed by atoms with van der Waals surface area (Å²) in [4.78, 5) is 1.74. The van der Waals surface area contributed by atoms with Gasteiger partial charge in [0, 0.05) is 20.6 Å². The van der Waals surface area contributed by atoms with Crippen molar-refractivity contribution in [3.8, 4) is 0 Å². The predicted octanol–water partition coefficient (Wildman–Crippen LogP) is 5.10. The van der Waals surface area contributed by atoms with E-state index >= 15 is 0 Å². The molecule has 0 aliphatic rings. The smallest absolute Gasteiger partial charge is 0.107 e. The van der Waals surface area contributed by atoms with Crippen molar-refractivity contribution in [1.29, 1.82) is 0 Å². The largest absolute Gasteiger partial charge is 0.389 e. The molecule has 1 aromatic carbocycles. The second-order valence-corrected chi connectivity index (χ2v) is 6.80. The summed E-state index contributed by atoms with van der Waals surface area (Å²) in [5.41, 5.74) is 7.71. The summed E-state index contributed by atoms with van der Waals surface area (Å²) in [5, 5.41) is 5.69. The minimum atomic E-state index is 0.294. The van der Waals surface area contributed by atoms with Crippen molar-refractivity contribution in [2.75, 3.05) is 5.32 Å². The highest BCUT2D eigenvalue weighted by molar-refractivity contribution is 9.10. The van der Waals surface area contributed by atoms with Crippen molar-refractivity contribution in [3.63, 3.8) is 0 Å². The fourth-order valence-electron chi connectivity index (χ4n) is 2.15. The van der Waals surface area contributed by atoms with E-state index in [-0.39, 0.29) is 0 Å². The van der Waals surface area contributed by atoms with Gasteiger partial charge in [-0.05, 0) is 45.9 Å². The molecule has 1 unspecified atom stereocenters. The van der Waals surface area contributed by atoms with E-state index in [1.54, 1.807) is 11.3 Å². The second kappa shape index (κ2) is 7.20. The van der Waals surface area contributed by atoms with Gasteiger partial charge in [-0.15, -0.1) is 11.3 Å². The molecular formula is C15H17BrN2S2. The maximum absolute atomic E-state index is 5.85. The van der Waals surface area contributed by atoms with Crippen LogP contribution in [0.15, 0.2) is 40.2 Å². The van der Waals surface area contributed by atoms with Crippen molar-refractivity contribution in [1.82, 2.24) is 0 Å². The van der Waals surface area contributed by atoms with Crippen molar-refractivity contribution in [2.24, 2.45) is 5.73 Å². The van der Waals surface area contributed by atoms with E-state index in [0.29, 0.717) is 11.0 Å². The SMILES string of the molecule is CCCC(Nc1cccc(Br)c1C(N)=S)c1cccs1. The third kappa shape index (κ3) is 3.59. The molecule has 2 aromatic rings. The minimum absolute atomic E-state index is 0.294. The van der Waals surface area contributed by atoms with E-state index < -0.39 is 0 Å². The van der Waals surface area contributed by atoms with Crippen molar-refractivity contribution in [2.45, 2.75) is 25.8 Å². The van der Waals surface area contributed by atoms with E-state index in [9.17, 15) is 0 Å². The molecule has 0 amide bonds. The van der Waals surface area contributed by atoms with Gasteiger partial charge < -0.3 is 11.1 Å². The van der Waals surface area contributed by atoms with Crippen LogP contribution in [0.25, 0.3) is 0 Å². The number of nitrogens with two attached hydrogens (primary N) is 1. The molecule has 0 radical (unpaired) electrons. The number of nitrogens with one attached hydrogen (secondary N) is 1. The number of halogens is 1. The van der Waals surface area contributed by atoms with Gasteiger partial charge in [-0.25, -0.2) is 0 Å². The number of rotatable bonds is 6. The van der Waals surface area contributed by atoms with Crippen LogP contribution in [0.4, 0.5) is 5.69 Å². The molecule has 106 valence electrons. The molecule has 0 saturated heterocycles. The normalized spacial score (nSPS) is 12.1. The molecule has 0 spiro atoms.